The Labute approximate surface area is 524 Å². The zero-order valence-electron chi connectivity index (χ0n) is 55.9. The van der Waals surface area contributed by atoms with Crippen LogP contribution in [0.3, 0.4) is 0 Å². The number of phosphoric ester groups is 2. The molecule has 0 aliphatic heterocycles. The van der Waals surface area contributed by atoms with Gasteiger partial charge >= 0.3 is 39.5 Å². The van der Waals surface area contributed by atoms with Crippen LogP contribution in [0.4, 0.5) is 0 Å². The molecule has 0 aromatic heterocycles. The van der Waals surface area contributed by atoms with E-state index in [2.05, 4.69) is 55.4 Å². The van der Waals surface area contributed by atoms with Gasteiger partial charge in [0.25, 0.3) is 0 Å². The quantitative estimate of drug-likeness (QED) is 0.0222. The third-order valence-corrected chi connectivity index (χ3v) is 17.2. The number of ether oxygens (including phenoxy) is 4. The van der Waals surface area contributed by atoms with Gasteiger partial charge in [-0.1, -0.05) is 274 Å². The van der Waals surface area contributed by atoms with Crippen LogP contribution in [0.5, 0.6) is 0 Å². The number of unbranched alkanes of at least 4 members (excludes halogenated alkanes) is 30. The van der Waals surface area contributed by atoms with Crippen molar-refractivity contribution >= 4 is 39.5 Å². The lowest BCUT2D eigenvalue weighted by Crippen LogP contribution is -2.30. The van der Waals surface area contributed by atoms with Crippen LogP contribution in [0.15, 0.2) is 0 Å². The second-order valence-electron chi connectivity index (χ2n) is 26.1. The first-order valence-corrected chi connectivity index (χ1v) is 37.7. The van der Waals surface area contributed by atoms with Crippen molar-refractivity contribution in [1.82, 2.24) is 0 Å². The van der Waals surface area contributed by atoms with E-state index in [1.165, 1.54) is 122 Å². The molecule has 0 saturated heterocycles. The minimum absolute atomic E-state index is 0.103. The molecule has 0 amide bonds. The summed E-state index contributed by atoms with van der Waals surface area (Å²) in [6.07, 6.45) is 37.7. The SMILES string of the molecule is CC(C)CCCCCCCCCCCCCC(=O)O[C@H](COC(=O)CCCCCCCCCC(C)C)COP(=O)(O)OCC(O)COP(=O)(O)OC[C@@H](COC(=O)CCCCCCCCCCC(C)C)OC(=O)CCCCCCCCCCC(C)C. The van der Waals surface area contributed by atoms with Crippen LogP contribution in [0.2, 0.25) is 0 Å². The molecule has 86 heavy (non-hydrogen) atoms. The maximum atomic E-state index is 13.0. The van der Waals surface area contributed by atoms with Crippen LogP contribution in [-0.4, -0.2) is 96.7 Å². The predicted molar refractivity (Wildman–Crippen MR) is 344 cm³/mol. The Bertz CT molecular complexity index is 1710. The molecule has 0 aromatic carbocycles. The molecule has 0 saturated carbocycles. The molecule has 0 rings (SSSR count). The number of esters is 4. The van der Waals surface area contributed by atoms with Gasteiger partial charge in [0.15, 0.2) is 12.2 Å². The molecule has 5 atom stereocenters. The summed E-state index contributed by atoms with van der Waals surface area (Å²) in [5.74, 6) is 0.779. The Kier molecular flexibility index (Phi) is 55.7. The van der Waals surface area contributed by atoms with Gasteiger partial charge in [-0.05, 0) is 49.4 Å². The van der Waals surface area contributed by atoms with Gasteiger partial charge in [-0.3, -0.25) is 37.3 Å². The standard InChI is InChI=1S/C67H130O17P2/c1-57(2)43-35-27-19-12-10-9-11-13-24-33-41-49-66(71)83-63(54-78-65(70)48-40-32-26-18-22-30-38-46-60(7)8)56-82-86(75,76)80-52-61(68)51-79-85(73,74)81-55-62(84-67(72)50-42-34-25-17-15-21-29-37-45-59(5)6)53-77-64(69)47-39-31-23-16-14-20-28-36-44-58(3)4/h57-63,68H,9-56H2,1-8H3,(H,73,74)(H,75,76)/t61?,62-,63-/m1/s1. The largest absolute Gasteiger partial charge is 0.472 e. The number of hydrogen-bond acceptors (Lipinski definition) is 15. The van der Waals surface area contributed by atoms with Gasteiger partial charge in [0.2, 0.25) is 0 Å². The average Bonchev–Trinajstić information content (AvgIpc) is 3.57. The number of carbonyl (C=O) groups is 4. The van der Waals surface area contributed by atoms with E-state index in [-0.39, 0.29) is 25.7 Å². The normalized spacial score (nSPS) is 14.4. The van der Waals surface area contributed by atoms with E-state index in [4.69, 9.17) is 37.0 Å². The van der Waals surface area contributed by atoms with E-state index in [9.17, 15) is 43.2 Å². The Balaban J connectivity index is 5.25. The summed E-state index contributed by atoms with van der Waals surface area (Å²) in [6.45, 7) is 14.0. The van der Waals surface area contributed by atoms with Crippen LogP contribution >= 0.6 is 15.6 Å². The lowest BCUT2D eigenvalue weighted by Gasteiger charge is -2.21. The van der Waals surface area contributed by atoms with Crippen molar-refractivity contribution in [3.63, 3.8) is 0 Å². The van der Waals surface area contributed by atoms with Crippen molar-refractivity contribution in [3.8, 4) is 0 Å². The monoisotopic (exact) mass is 1270 g/mol. The van der Waals surface area contributed by atoms with Crippen LogP contribution in [0.1, 0.15) is 325 Å². The van der Waals surface area contributed by atoms with Crippen molar-refractivity contribution in [2.45, 2.75) is 343 Å². The highest BCUT2D eigenvalue weighted by Gasteiger charge is 2.30. The molecule has 0 radical (unpaired) electrons. The summed E-state index contributed by atoms with van der Waals surface area (Å²) in [7, 11) is -9.90. The number of aliphatic hydroxyl groups is 1. The fourth-order valence-electron chi connectivity index (χ4n) is 9.96. The third-order valence-electron chi connectivity index (χ3n) is 15.3. The van der Waals surface area contributed by atoms with Crippen LogP contribution in [-0.2, 0) is 65.4 Å². The summed E-state index contributed by atoms with van der Waals surface area (Å²) in [5, 5.41) is 10.6. The minimum Gasteiger partial charge on any atom is -0.462 e. The van der Waals surface area contributed by atoms with Crippen LogP contribution in [0, 0.1) is 23.7 Å². The highest BCUT2D eigenvalue weighted by molar-refractivity contribution is 7.47. The fraction of sp³-hybridized carbons (Fsp3) is 0.940. The van der Waals surface area contributed by atoms with Crippen molar-refractivity contribution < 1.29 is 80.2 Å². The van der Waals surface area contributed by atoms with E-state index in [0.29, 0.717) is 31.6 Å². The van der Waals surface area contributed by atoms with Gasteiger partial charge in [0, 0.05) is 25.7 Å². The molecule has 0 aliphatic rings. The maximum absolute atomic E-state index is 13.0. The number of hydrogen-bond donors (Lipinski definition) is 3. The Morgan fingerprint density at radius 3 is 0.721 bits per heavy atom. The Morgan fingerprint density at radius 1 is 0.291 bits per heavy atom. The summed E-state index contributed by atoms with van der Waals surface area (Å²) in [5.41, 5.74) is 0. The molecule has 3 unspecified atom stereocenters. The molecule has 0 heterocycles. The van der Waals surface area contributed by atoms with Crippen LogP contribution in [0.25, 0.3) is 0 Å². The first-order chi connectivity index (χ1) is 41.1. The van der Waals surface area contributed by atoms with E-state index >= 15 is 0 Å². The molecule has 0 bridgehead atoms. The molecule has 0 spiro atoms. The smallest absolute Gasteiger partial charge is 0.462 e. The summed E-state index contributed by atoms with van der Waals surface area (Å²) >= 11 is 0. The first kappa shape index (κ1) is 84.1. The van der Waals surface area contributed by atoms with Crippen molar-refractivity contribution in [1.29, 1.82) is 0 Å². The van der Waals surface area contributed by atoms with Gasteiger partial charge in [-0.25, -0.2) is 9.13 Å². The minimum atomic E-state index is -4.95. The average molecular weight is 1270 g/mol. The van der Waals surface area contributed by atoms with E-state index in [0.717, 1.165) is 114 Å². The topological polar surface area (TPSA) is 237 Å². The maximum Gasteiger partial charge on any atom is 0.472 e. The lowest BCUT2D eigenvalue weighted by atomic mass is 10.0. The Morgan fingerprint density at radius 2 is 0.488 bits per heavy atom. The van der Waals surface area contributed by atoms with E-state index in [1.54, 1.807) is 0 Å². The Hall–Kier alpha value is -1.94. The molecular weight excluding hydrogens is 1140 g/mol. The molecule has 0 aliphatic carbocycles. The fourth-order valence-corrected chi connectivity index (χ4v) is 11.5. The summed E-state index contributed by atoms with van der Waals surface area (Å²) in [6, 6.07) is 0. The number of rotatable bonds is 64. The van der Waals surface area contributed by atoms with Crippen molar-refractivity contribution in [2.75, 3.05) is 39.6 Å². The van der Waals surface area contributed by atoms with Crippen molar-refractivity contribution in [3.05, 3.63) is 0 Å². The predicted octanol–water partition coefficient (Wildman–Crippen LogP) is 18.5. The second kappa shape index (κ2) is 57.0. The first-order valence-electron chi connectivity index (χ1n) is 34.7. The lowest BCUT2D eigenvalue weighted by molar-refractivity contribution is -0.161. The molecule has 0 aromatic rings. The highest BCUT2D eigenvalue weighted by Crippen LogP contribution is 2.45. The molecule has 17 nitrogen and oxygen atoms in total. The van der Waals surface area contributed by atoms with Gasteiger partial charge in [0.05, 0.1) is 26.4 Å². The third kappa shape index (κ3) is 60.9. The number of aliphatic hydroxyl groups excluding tert-OH is 1. The van der Waals surface area contributed by atoms with E-state index < -0.39 is 97.5 Å². The number of phosphoric acid groups is 2. The molecule has 19 heteroatoms. The van der Waals surface area contributed by atoms with Crippen molar-refractivity contribution in [2.24, 2.45) is 23.7 Å². The van der Waals surface area contributed by atoms with Gasteiger partial charge < -0.3 is 33.8 Å². The highest BCUT2D eigenvalue weighted by atomic mass is 31.2. The molecule has 3 N–H and O–H groups in total. The van der Waals surface area contributed by atoms with E-state index in [1.807, 2.05) is 0 Å². The number of carbonyl (C=O) groups excluding carboxylic acids is 4. The van der Waals surface area contributed by atoms with Gasteiger partial charge in [-0.2, -0.15) is 0 Å². The van der Waals surface area contributed by atoms with Gasteiger partial charge in [0.1, 0.15) is 19.3 Å². The molecule has 0 fully saturated rings. The zero-order valence-corrected chi connectivity index (χ0v) is 57.7. The zero-order chi connectivity index (χ0) is 63.9. The van der Waals surface area contributed by atoms with Gasteiger partial charge in [-0.15, -0.1) is 0 Å². The van der Waals surface area contributed by atoms with Crippen LogP contribution < -0.4 is 0 Å². The molecular formula is C67H130O17P2. The summed E-state index contributed by atoms with van der Waals surface area (Å²) in [4.78, 5) is 72.4. The summed E-state index contributed by atoms with van der Waals surface area (Å²) < 4.78 is 68.1. The second-order valence-corrected chi connectivity index (χ2v) is 29.0. The molecule has 510 valence electrons.